The molecule has 0 aliphatic rings. The van der Waals surface area contributed by atoms with Gasteiger partial charge in [0.2, 0.25) is 0 Å². The van der Waals surface area contributed by atoms with Gasteiger partial charge < -0.3 is 9.47 Å². The first kappa shape index (κ1) is 29.3. The Morgan fingerprint density at radius 1 is 0.484 bits per heavy atom. The Morgan fingerprint density at radius 3 is 1.16 bits per heavy atom. The standard InChI is InChI=1S/C26H43Br3O2/c27-20-13-9-5-1-3-7-11-15-22-30-24-18-17-19-25(26(24)29)31-23-16-12-8-4-2-6-10-14-21-28/h17-19H,1-16,20-23H2. The second-order valence-corrected chi connectivity index (χ2v) is 10.7. The molecule has 0 spiro atoms. The van der Waals surface area contributed by atoms with Crippen LogP contribution in [-0.2, 0) is 0 Å². The summed E-state index contributed by atoms with van der Waals surface area (Å²) < 4.78 is 13.0. The van der Waals surface area contributed by atoms with E-state index in [0.717, 1.165) is 52.7 Å². The van der Waals surface area contributed by atoms with Gasteiger partial charge in [-0.15, -0.1) is 0 Å². The van der Waals surface area contributed by atoms with Gasteiger partial charge in [0.25, 0.3) is 0 Å². The summed E-state index contributed by atoms with van der Waals surface area (Å²) in [6.45, 7) is 1.56. The lowest BCUT2D eigenvalue weighted by molar-refractivity contribution is 0.286. The van der Waals surface area contributed by atoms with Crippen molar-refractivity contribution in [2.75, 3.05) is 23.9 Å². The molecule has 0 aromatic heterocycles. The molecule has 0 fully saturated rings. The van der Waals surface area contributed by atoms with Crippen LogP contribution < -0.4 is 9.47 Å². The summed E-state index contributed by atoms with van der Waals surface area (Å²) in [5.41, 5.74) is 0. The molecule has 0 saturated heterocycles. The molecule has 0 radical (unpaired) electrons. The molecule has 2 nitrogen and oxygen atoms in total. The Labute approximate surface area is 217 Å². The summed E-state index contributed by atoms with van der Waals surface area (Å²) in [4.78, 5) is 0. The Morgan fingerprint density at radius 2 is 0.806 bits per heavy atom. The number of ether oxygens (including phenoxy) is 2. The molecule has 0 aliphatic carbocycles. The van der Waals surface area contributed by atoms with Crippen molar-refractivity contribution in [3.05, 3.63) is 22.7 Å². The zero-order valence-corrected chi connectivity index (χ0v) is 24.1. The maximum absolute atomic E-state index is 6.00. The zero-order chi connectivity index (χ0) is 22.4. The molecule has 31 heavy (non-hydrogen) atoms. The van der Waals surface area contributed by atoms with E-state index in [1.807, 2.05) is 18.2 Å². The molecule has 0 N–H and O–H groups in total. The smallest absolute Gasteiger partial charge is 0.137 e. The van der Waals surface area contributed by atoms with Crippen LogP contribution >= 0.6 is 47.8 Å². The van der Waals surface area contributed by atoms with Gasteiger partial charge >= 0.3 is 0 Å². The van der Waals surface area contributed by atoms with Gasteiger partial charge in [0, 0.05) is 10.7 Å². The lowest BCUT2D eigenvalue weighted by Gasteiger charge is -2.13. The normalized spacial score (nSPS) is 11.1. The molecule has 0 bridgehead atoms. The average Bonchev–Trinajstić information content (AvgIpc) is 2.78. The van der Waals surface area contributed by atoms with Gasteiger partial charge in [0.1, 0.15) is 16.0 Å². The second-order valence-electron chi connectivity index (χ2n) is 8.30. The van der Waals surface area contributed by atoms with Crippen LogP contribution in [0.3, 0.4) is 0 Å². The highest BCUT2D eigenvalue weighted by Crippen LogP contribution is 2.34. The number of benzene rings is 1. The van der Waals surface area contributed by atoms with Crippen LogP contribution in [0.15, 0.2) is 22.7 Å². The Bertz CT molecular complexity index is 483. The molecule has 0 unspecified atom stereocenters. The van der Waals surface area contributed by atoms with Gasteiger partial charge in [-0.05, 0) is 53.7 Å². The Balaban J connectivity index is 2.07. The Hall–Kier alpha value is 0.260. The maximum Gasteiger partial charge on any atom is 0.137 e. The van der Waals surface area contributed by atoms with Crippen molar-refractivity contribution in [3.63, 3.8) is 0 Å². The van der Waals surface area contributed by atoms with Gasteiger partial charge in [-0.1, -0.05) is 115 Å². The molecular weight excluding hydrogens is 584 g/mol. The second kappa shape index (κ2) is 22.1. The molecule has 180 valence electrons. The molecule has 0 heterocycles. The first-order valence-corrected chi connectivity index (χ1v) is 15.5. The Kier molecular flexibility index (Phi) is 20.9. The maximum atomic E-state index is 6.00. The largest absolute Gasteiger partial charge is 0.492 e. The van der Waals surface area contributed by atoms with Crippen LogP contribution in [-0.4, -0.2) is 23.9 Å². The number of unbranched alkanes of at least 4 members (excludes halogenated alkanes) is 14. The van der Waals surface area contributed by atoms with Crippen LogP contribution in [0.4, 0.5) is 0 Å². The summed E-state index contributed by atoms with van der Waals surface area (Å²) in [5.74, 6) is 1.80. The number of halogens is 3. The van der Waals surface area contributed by atoms with E-state index in [9.17, 15) is 0 Å². The molecule has 0 amide bonds. The van der Waals surface area contributed by atoms with Crippen molar-refractivity contribution >= 4 is 47.8 Å². The van der Waals surface area contributed by atoms with Crippen molar-refractivity contribution < 1.29 is 9.47 Å². The predicted molar refractivity (Wildman–Crippen MR) is 147 cm³/mol. The fraction of sp³-hybridized carbons (Fsp3) is 0.769. The third-order valence-electron chi connectivity index (χ3n) is 5.50. The van der Waals surface area contributed by atoms with Crippen LogP contribution in [0.1, 0.15) is 103 Å². The molecule has 1 aromatic rings. The minimum Gasteiger partial charge on any atom is -0.492 e. The highest BCUT2D eigenvalue weighted by molar-refractivity contribution is 9.10. The summed E-state index contributed by atoms with van der Waals surface area (Å²) in [6.07, 6.45) is 20.9. The van der Waals surface area contributed by atoms with Crippen LogP contribution in [0.2, 0.25) is 0 Å². The zero-order valence-electron chi connectivity index (χ0n) is 19.3. The van der Waals surface area contributed by atoms with E-state index in [-0.39, 0.29) is 0 Å². The van der Waals surface area contributed by atoms with E-state index in [1.165, 1.54) is 89.9 Å². The SMILES string of the molecule is BrCCCCCCCCCCOc1cccc(OCCCCCCCCCCBr)c1Br. The van der Waals surface area contributed by atoms with E-state index in [2.05, 4.69) is 47.8 Å². The molecule has 0 aliphatic heterocycles. The summed E-state index contributed by atoms with van der Waals surface area (Å²) in [7, 11) is 0. The van der Waals surface area contributed by atoms with Gasteiger partial charge in [0.15, 0.2) is 0 Å². The predicted octanol–water partition coefficient (Wildman–Crippen LogP) is 10.2. The van der Waals surface area contributed by atoms with Crippen molar-refractivity contribution in [2.24, 2.45) is 0 Å². The van der Waals surface area contributed by atoms with E-state index < -0.39 is 0 Å². The molecule has 1 aromatic carbocycles. The van der Waals surface area contributed by atoms with Gasteiger partial charge in [-0.2, -0.15) is 0 Å². The van der Waals surface area contributed by atoms with E-state index in [0.29, 0.717) is 0 Å². The van der Waals surface area contributed by atoms with Gasteiger partial charge in [-0.3, -0.25) is 0 Å². The number of rotatable bonds is 22. The molecule has 5 heteroatoms. The van der Waals surface area contributed by atoms with Gasteiger partial charge in [-0.25, -0.2) is 0 Å². The molecule has 0 saturated carbocycles. The first-order chi connectivity index (χ1) is 15.3. The van der Waals surface area contributed by atoms with Crippen LogP contribution in [0.25, 0.3) is 0 Å². The number of hydrogen-bond acceptors (Lipinski definition) is 2. The highest BCUT2D eigenvalue weighted by Gasteiger charge is 2.08. The van der Waals surface area contributed by atoms with Crippen LogP contribution in [0.5, 0.6) is 11.5 Å². The monoisotopic (exact) mass is 624 g/mol. The average molecular weight is 627 g/mol. The minimum absolute atomic E-state index is 0.779. The molecule has 0 atom stereocenters. The minimum atomic E-state index is 0.779. The summed E-state index contributed by atoms with van der Waals surface area (Å²) in [6, 6.07) is 6.07. The van der Waals surface area contributed by atoms with Crippen molar-refractivity contribution in [1.29, 1.82) is 0 Å². The van der Waals surface area contributed by atoms with Crippen molar-refractivity contribution in [3.8, 4) is 11.5 Å². The fourth-order valence-corrected chi connectivity index (χ4v) is 4.88. The first-order valence-electron chi connectivity index (χ1n) is 12.5. The van der Waals surface area contributed by atoms with Crippen LogP contribution in [0, 0.1) is 0 Å². The topological polar surface area (TPSA) is 18.5 Å². The third-order valence-corrected chi connectivity index (χ3v) is 7.40. The number of hydrogen-bond donors (Lipinski definition) is 0. The van der Waals surface area contributed by atoms with E-state index >= 15 is 0 Å². The highest BCUT2D eigenvalue weighted by atomic mass is 79.9. The third kappa shape index (κ3) is 16.5. The van der Waals surface area contributed by atoms with Crippen molar-refractivity contribution in [2.45, 2.75) is 103 Å². The lowest BCUT2D eigenvalue weighted by Crippen LogP contribution is -2.01. The lowest BCUT2D eigenvalue weighted by atomic mass is 10.1. The van der Waals surface area contributed by atoms with Crippen molar-refractivity contribution in [1.82, 2.24) is 0 Å². The number of alkyl halides is 2. The molecule has 1 rings (SSSR count). The summed E-state index contributed by atoms with van der Waals surface area (Å²) in [5, 5.41) is 2.29. The summed E-state index contributed by atoms with van der Waals surface area (Å²) >= 11 is 10.7. The quantitative estimate of drug-likeness (QED) is 0.0941. The fourth-order valence-electron chi connectivity index (χ4n) is 3.59. The molecular formula is C26H43Br3O2. The van der Waals surface area contributed by atoms with Gasteiger partial charge in [0.05, 0.1) is 13.2 Å². The van der Waals surface area contributed by atoms with E-state index in [1.54, 1.807) is 0 Å². The van der Waals surface area contributed by atoms with E-state index in [4.69, 9.17) is 9.47 Å².